The molecular weight excluding hydrogens is 338 g/mol. The van der Waals surface area contributed by atoms with Gasteiger partial charge in [-0.3, -0.25) is 9.78 Å². The van der Waals surface area contributed by atoms with E-state index in [2.05, 4.69) is 15.3 Å². The van der Waals surface area contributed by atoms with Crippen LogP contribution >= 0.6 is 0 Å². The number of amides is 1. The zero-order valence-corrected chi connectivity index (χ0v) is 15.4. The molecule has 5 heteroatoms. The van der Waals surface area contributed by atoms with Gasteiger partial charge in [-0.1, -0.05) is 30.3 Å². The molecule has 1 N–H and O–H groups in total. The molecule has 0 saturated heterocycles. The molecule has 4 rings (SSSR count). The summed E-state index contributed by atoms with van der Waals surface area (Å²) in [5, 5.41) is 4.71. The second-order valence-corrected chi connectivity index (χ2v) is 6.45. The van der Waals surface area contributed by atoms with Crippen molar-refractivity contribution >= 4 is 33.4 Å². The van der Waals surface area contributed by atoms with E-state index in [0.717, 1.165) is 33.2 Å². The highest BCUT2D eigenvalue weighted by Gasteiger charge is 2.15. The number of hydrogen-bond acceptors (Lipinski definition) is 4. The standard InChI is InChI=1S/C22H19N3O2/c1-13-11-17(15-7-4-5-9-18(15)23-13)22(26)25-19-12-14(2)24-21-16(19)8-6-10-20(21)27-3/h4-12H,1-3H3,(H,24,25,26). The van der Waals surface area contributed by atoms with Crippen molar-refractivity contribution in [2.24, 2.45) is 0 Å². The Morgan fingerprint density at radius 2 is 1.67 bits per heavy atom. The third kappa shape index (κ3) is 3.08. The van der Waals surface area contributed by atoms with Crippen molar-refractivity contribution in [3.05, 3.63) is 71.5 Å². The van der Waals surface area contributed by atoms with Crippen LogP contribution in [-0.2, 0) is 0 Å². The predicted octanol–water partition coefficient (Wildman–Crippen LogP) is 4.66. The van der Waals surface area contributed by atoms with Crippen molar-refractivity contribution in [1.29, 1.82) is 0 Å². The van der Waals surface area contributed by atoms with Gasteiger partial charge in [0, 0.05) is 22.2 Å². The summed E-state index contributed by atoms with van der Waals surface area (Å²) in [6.45, 7) is 3.79. The maximum Gasteiger partial charge on any atom is 0.256 e. The number of ether oxygens (including phenoxy) is 1. The topological polar surface area (TPSA) is 64.1 Å². The van der Waals surface area contributed by atoms with Crippen molar-refractivity contribution < 1.29 is 9.53 Å². The highest BCUT2D eigenvalue weighted by atomic mass is 16.5. The zero-order chi connectivity index (χ0) is 19.0. The lowest BCUT2D eigenvalue weighted by molar-refractivity contribution is 0.102. The first-order valence-corrected chi connectivity index (χ1v) is 8.69. The van der Waals surface area contributed by atoms with Crippen molar-refractivity contribution in [3.8, 4) is 5.75 Å². The van der Waals surface area contributed by atoms with Crippen LogP contribution in [-0.4, -0.2) is 23.0 Å². The Hall–Kier alpha value is -3.47. The zero-order valence-electron chi connectivity index (χ0n) is 15.4. The van der Waals surface area contributed by atoms with Gasteiger partial charge in [0.25, 0.3) is 5.91 Å². The molecule has 0 bridgehead atoms. The van der Waals surface area contributed by atoms with Gasteiger partial charge >= 0.3 is 0 Å². The van der Waals surface area contributed by atoms with Gasteiger partial charge in [0.15, 0.2) is 0 Å². The molecule has 4 aromatic rings. The molecule has 0 aliphatic heterocycles. The van der Waals surface area contributed by atoms with E-state index >= 15 is 0 Å². The Balaban J connectivity index is 1.83. The number of nitrogens with one attached hydrogen (secondary N) is 1. The van der Waals surface area contributed by atoms with Crippen LogP contribution in [0.2, 0.25) is 0 Å². The molecule has 0 aliphatic rings. The number of aromatic nitrogens is 2. The average molecular weight is 357 g/mol. The smallest absolute Gasteiger partial charge is 0.256 e. The summed E-state index contributed by atoms with van der Waals surface area (Å²) in [4.78, 5) is 22.2. The third-order valence-electron chi connectivity index (χ3n) is 4.49. The van der Waals surface area contributed by atoms with Crippen LogP contribution in [0.15, 0.2) is 54.6 Å². The van der Waals surface area contributed by atoms with Crippen LogP contribution in [0.1, 0.15) is 21.7 Å². The highest BCUT2D eigenvalue weighted by Crippen LogP contribution is 2.30. The minimum absolute atomic E-state index is 0.175. The number of pyridine rings is 2. The monoisotopic (exact) mass is 357 g/mol. The molecule has 1 amide bonds. The second kappa shape index (κ2) is 6.68. The molecule has 2 aromatic heterocycles. The molecule has 0 atom stereocenters. The van der Waals surface area contributed by atoms with E-state index in [1.54, 1.807) is 7.11 Å². The molecule has 0 spiro atoms. The number of aryl methyl sites for hydroxylation is 2. The van der Waals surface area contributed by atoms with Gasteiger partial charge in [-0.2, -0.15) is 0 Å². The van der Waals surface area contributed by atoms with Gasteiger partial charge < -0.3 is 10.1 Å². The van der Waals surface area contributed by atoms with Crippen LogP contribution in [0.4, 0.5) is 5.69 Å². The fraction of sp³-hybridized carbons (Fsp3) is 0.136. The number of hydrogen-bond donors (Lipinski definition) is 1. The van der Waals surface area contributed by atoms with Crippen molar-refractivity contribution in [2.75, 3.05) is 12.4 Å². The van der Waals surface area contributed by atoms with E-state index in [0.29, 0.717) is 17.0 Å². The Morgan fingerprint density at radius 3 is 2.48 bits per heavy atom. The molecule has 0 unspecified atom stereocenters. The first-order valence-electron chi connectivity index (χ1n) is 8.69. The largest absolute Gasteiger partial charge is 0.494 e. The van der Waals surface area contributed by atoms with E-state index in [1.807, 2.05) is 68.4 Å². The Morgan fingerprint density at radius 1 is 0.926 bits per heavy atom. The number of methoxy groups -OCH3 is 1. The number of nitrogens with zero attached hydrogens (tertiary/aromatic N) is 2. The fourth-order valence-corrected chi connectivity index (χ4v) is 3.30. The van der Waals surface area contributed by atoms with Gasteiger partial charge in [0.1, 0.15) is 11.3 Å². The highest BCUT2D eigenvalue weighted by molar-refractivity contribution is 6.15. The maximum absolute atomic E-state index is 13.1. The molecule has 0 radical (unpaired) electrons. The molecule has 134 valence electrons. The lowest BCUT2D eigenvalue weighted by Crippen LogP contribution is -2.14. The molecule has 5 nitrogen and oxygen atoms in total. The molecule has 0 fully saturated rings. The summed E-state index contributed by atoms with van der Waals surface area (Å²) in [6, 6.07) is 17.0. The van der Waals surface area contributed by atoms with Crippen LogP contribution in [0.3, 0.4) is 0 Å². The fourth-order valence-electron chi connectivity index (χ4n) is 3.30. The number of anilines is 1. The maximum atomic E-state index is 13.1. The van der Waals surface area contributed by atoms with Crippen LogP contribution < -0.4 is 10.1 Å². The van der Waals surface area contributed by atoms with Crippen molar-refractivity contribution in [3.63, 3.8) is 0 Å². The quantitative estimate of drug-likeness (QED) is 0.579. The lowest BCUT2D eigenvalue weighted by atomic mass is 10.1. The summed E-state index contributed by atoms with van der Waals surface area (Å²) in [5.41, 5.74) is 4.45. The van der Waals surface area contributed by atoms with E-state index in [9.17, 15) is 4.79 Å². The van der Waals surface area contributed by atoms with E-state index < -0.39 is 0 Å². The second-order valence-electron chi connectivity index (χ2n) is 6.45. The van der Waals surface area contributed by atoms with Crippen LogP contribution in [0, 0.1) is 13.8 Å². The molecule has 0 aliphatic carbocycles. The average Bonchev–Trinajstić information content (AvgIpc) is 2.66. The summed E-state index contributed by atoms with van der Waals surface area (Å²) in [6.07, 6.45) is 0. The number of fused-ring (bicyclic) bond motifs is 2. The van der Waals surface area contributed by atoms with Crippen LogP contribution in [0.25, 0.3) is 21.8 Å². The first kappa shape index (κ1) is 17.0. The van der Waals surface area contributed by atoms with E-state index in [1.165, 1.54) is 0 Å². The third-order valence-corrected chi connectivity index (χ3v) is 4.49. The van der Waals surface area contributed by atoms with Gasteiger partial charge in [-0.15, -0.1) is 0 Å². The van der Waals surface area contributed by atoms with Gasteiger partial charge in [-0.05, 0) is 38.1 Å². The summed E-state index contributed by atoms with van der Waals surface area (Å²) in [5.74, 6) is 0.503. The van der Waals surface area contributed by atoms with Gasteiger partial charge in [0.2, 0.25) is 0 Å². The van der Waals surface area contributed by atoms with E-state index in [-0.39, 0.29) is 5.91 Å². The number of benzene rings is 2. The van der Waals surface area contributed by atoms with Crippen molar-refractivity contribution in [2.45, 2.75) is 13.8 Å². The predicted molar refractivity (Wildman–Crippen MR) is 107 cm³/mol. The molecular formula is C22H19N3O2. The normalized spacial score (nSPS) is 10.9. The first-order chi connectivity index (χ1) is 13.1. The Bertz CT molecular complexity index is 1180. The number of carbonyl (C=O) groups excluding carboxylic acids is 1. The Kier molecular flexibility index (Phi) is 4.20. The summed E-state index contributed by atoms with van der Waals surface area (Å²) < 4.78 is 5.42. The van der Waals surface area contributed by atoms with Crippen LogP contribution in [0.5, 0.6) is 5.75 Å². The molecule has 2 aromatic carbocycles. The SMILES string of the molecule is COc1cccc2c(NC(=O)c3cc(C)nc4ccccc34)cc(C)nc12. The summed E-state index contributed by atoms with van der Waals surface area (Å²) in [7, 11) is 1.61. The molecule has 0 saturated carbocycles. The number of carbonyl (C=O) groups is 1. The molecule has 2 heterocycles. The lowest BCUT2D eigenvalue weighted by Gasteiger charge is -2.13. The van der Waals surface area contributed by atoms with Gasteiger partial charge in [0.05, 0.1) is 23.9 Å². The van der Waals surface area contributed by atoms with Gasteiger partial charge in [-0.25, -0.2) is 4.98 Å². The minimum Gasteiger partial charge on any atom is -0.494 e. The molecule has 27 heavy (non-hydrogen) atoms. The number of rotatable bonds is 3. The van der Waals surface area contributed by atoms with Crippen molar-refractivity contribution in [1.82, 2.24) is 9.97 Å². The van der Waals surface area contributed by atoms with E-state index in [4.69, 9.17) is 4.74 Å². The Labute approximate surface area is 157 Å². The number of para-hydroxylation sites is 2. The minimum atomic E-state index is -0.175. The summed E-state index contributed by atoms with van der Waals surface area (Å²) >= 11 is 0.